The van der Waals surface area contributed by atoms with E-state index in [4.69, 9.17) is 0 Å². The van der Waals surface area contributed by atoms with Gasteiger partial charge in [0.1, 0.15) is 0 Å². The van der Waals surface area contributed by atoms with Gasteiger partial charge in [0.15, 0.2) is 0 Å². The van der Waals surface area contributed by atoms with Gasteiger partial charge in [0.05, 0.1) is 0 Å². The molecule has 0 bridgehead atoms. The molecule has 0 aromatic heterocycles. The zero-order valence-corrected chi connectivity index (χ0v) is 24.5. The molecule has 0 spiro atoms. The average Bonchev–Trinajstić information content (AvgIpc) is 2.96. The fourth-order valence-corrected chi connectivity index (χ4v) is 7.36. The molecule has 0 radical (unpaired) electrons. The van der Waals surface area contributed by atoms with Crippen LogP contribution in [0, 0.1) is 17.8 Å². The van der Waals surface area contributed by atoms with Gasteiger partial charge in [-0.3, -0.25) is 0 Å². The molecule has 1 unspecified atom stereocenters. The zero-order valence-electron chi connectivity index (χ0n) is 24.5. The first-order chi connectivity index (χ1) is 18.2. The normalized spacial score (nSPS) is 25.2. The average molecular weight is 501 g/mol. The maximum Gasteiger partial charge on any atom is -0.0162 e. The third kappa shape index (κ3) is 8.73. The number of unbranched alkanes of at least 4 members (excludes halogenated alkanes) is 5. The van der Waals surface area contributed by atoms with Gasteiger partial charge in [-0.25, -0.2) is 0 Å². The van der Waals surface area contributed by atoms with Crippen LogP contribution in [0.3, 0.4) is 0 Å². The van der Waals surface area contributed by atoms with E-state index in [1.54, 1.807) is 11.1 Å². The molecule has 2 saturated carbocycles. The molecular formula is C37H56. The van der Waals surface area contributed by atoms with E-state index in [0.717, 1.165) is 29.6 Å². The van der Waals surface area contributed by atoms with Crippen molar-refractivity contribution < 1.29 is 0 Å². The third-order valence-electron chi connectivity index (χ3n) is 10.2. The van der Waals surface area contributed by atoms with Crippen LogP contribution >= 0.6 is 0 Å². The van der Waals surface area contributed by atoms with Crippen LogP contribution in [-0.2, 0) is 0 Å². The highest BCUT2D eigenvalue weighted by molar-refractivity contribution is 5.64. The topological polar surface area (TPSA) is 0 Å². The Balaban J connectivity index is 1.20. The first-order valence-corrected chi connectivity index (χ1v) is 16.4. The Morgan fingerprint density at radius 1 is 0.568 bits per heavy atom. The summed E-state index contributed by atoms with van der Waals surface area (Å²) >= 11 is 0. The van der Waals surface area contributed by atoms with Crippen LogP contribution in [0.2, 0.25) is 0 Å². The van der Waals surface area contributed by atoms with Crippen molar-refractivity contribution in [1.29, 1.82) is 0 Å². The molecule has 2 aliphatic rings. The lowest BCUT2D eigenvalue weighted by atomic mass is 9.75. The van der Waals surface area contributed by atoms with E-state index < -0.39 is 0 Å². The molecule has 0 saturated heterocycles. The van der Waals surface area contributed by atoms with Crippen LogP contribution in [0.15, 0.2) is 48.5 Å². The predicted octanol–water partition coefficient (Wildman–Crippen LogP) is 12.1. The van der Waals surface area contributed by atoms with Gasteiger partial charge in [-0.1, -0.05) is 121 Å². The second-order valence-electron chi connectivity index (χ2n) is 13.0. The molecule has 0 heterocycles. The van der Waals surface area contributed by atoms with E-state index in [1.165, 1.54) is 120 Å². The Morgan fingerprint density at radius 2 is 1.03 bits per heavy atom. The number of benzene rings is 2. The minimum Gasteiger partial charge on any atom is -0.0654 e. The molecule has 0 heteroatoms. The Hall–Kier alpha value is -1.56. The summed E-state index contributed by atoms with van der Waals surface area (Å²) in [5.41, 5.74) is 5.90. The zero-order chi connectivity index (χ0) is 25.9. The molecular weight excluding hydrogens is 444 g/mol. The molecule has 37 heavy (non-hydrogen) atoms. The van der Waals surface area contributed by atoms with Gasteiger partial charge in [-0.2, -0.15) is 0 Å². The van der Waals surface area contributed by atoms with Crippen LogP contribution < -0.4 is 0 Å². The standard InChI is InChI=1S/C37H56/c1-4-6-7-8-9-10-11-30-12-16-32(17-13-30)34-20-24-36(25-21-34)37-26-22-35(23-27-37)33-18-14-31(15-19-33)28-29(3)5-2/h20-27,29-33H,4-19,28H2,1-3H3/t29?,30-,31-,32-,33-. The first kappa shape index (κ1) is 28.4. The van der Waals surface area contributed by atoms with Gasteiger partial charge in [-0.05, 0) is 110 Å². The fraction of sp³-hybridized carbons (Fsp3) is 0.676. The van der Waals surface area contributed by atoms with Crippen molar-refractivity contribution in [1.82, 2.24) is 0 Å². The van der Waals surface area contributed by atoms with Gasteiger partial charge < -0.3 is 0 Å². The summed E-state index contributed by atoms with van der Waals surface area (Å²) < 4.78 is 0. The van der Waals surface area contributed by atoms with Gasteiger partial charge in [0.25, 0.3) is 0 Å². The second kappa shape index (κ2) is 15.1. The number of hydrogen-bond acceptors (Lipinski definition) is 0. The van der Waals surface area contributed by atoms with Crippen molar-refractivity contribution in [2.45, 2.75) is 142 Å². The van der Waals surface area contributed by atoms with E-state index in [9.17, 15) is 0 Å². The van der Waals surface area contributed by atoms with Crippen molar-refractivity contribution >= 4 is 0 Å². The first-order valence-electron chi connectivity index (χ1n) is 16.4. The second-order valence-corrected chi connectivity index (χ2v) is 13.0. The highest BCUT2D eigenvalue weighted by atomic mass is 14.3. The Morgan fingerprint density at radius 3 is 1.51 bits per heavy atom. The summed E-state index contributed by atoms with van der Waals surface area (Å²) in [6.45, 7) is 7.08. The third-order valence-corrected chi connectivity index (χ3v) is 10.2. The Labute approximate surface area is 230 Å². The molecule has 2 aliphatic carbocycles. The Bertz CT molecular complexity index is 859. The van der Waals surface area contributed by atoms with Crippen molar-refractivity contribution in [3.05, 3.63) is 59.7 Å². The van der Waals surface area contributed by atoms with Gasteiger partial charge in [0.2, 0.25) is 0 Å². The smallest absolute Gasteiger partial charge is 0.0162 e. The van der Waals surface area contributed by atoms with Crippen molar-refractivity contribution in [3.63, 3.8) is 0 Å². The van der Waals surface area contributed by atoms with Crippen molar-refractivity contribution in [3.8, 4) is 11.1 Å². The minimum atomic E-state index is 0.779. The van der Waals surface area contributed by atoms with Crippen LogP contribution in [0.5, 0.6) is 0 Å². The van der Waals surface area contributed by atoms with E-state index in [2.05, 4.69) is 69.3 Å². The summed E-state index contributed by atoms with van der Waals surface area (Å²) in [5, 5.41) is 0. The largest absolute Gasteiger partial charge is 0.0654 e. The molecule has 0 nitrogen and oxygen atoms in total. The minimum absolute atomic E-state index is 0.779. The molecule has 204 valence electrons. The highest BCUT2D eigenvalue weighted by Gasteiger charge is 2.24. The summed E-state index contributed by atoms with van der Waals surface area (Å²) in [7, 11) is 0. The molecule has 0 N–H and O–H groups in total. The lowest BCUT2D eigenvalue weighted by molar-refractivity contribution is 0.273. The predicted molar refractivity (Wildman–Crippen MR) is 163 cm³/mol. The summed E-state index contributed by atoms with van der Waals surface area (Å²) in [5.74, 6) is 4.43. The van der Waals surface area contributed by atoms with Gasteiger partial charge >= 0.3 is 0 Å². The van der Waals surface area contributed by atoms with Gasteiger partial charge in [0, 0.05) is 0 Å². The maximum atomic E-state index is 2.43. The molecule has 2 aromatic carbocycles. The quantitative estimate of drug-likeness (QED) is 0.240. The van der Waals surface area contributed by atoms with Crippen molar-refractivity contribution in [2.24, 2.45) is 17.8 Å². The molecule has 0 amide bonds. The van der Waals surface area contributed by atoms with Crippen LogP contribution in [0.1, 0.15) is 153 Å². The number of hydrogen-bond donors (Lipinski definition) is 0. The monoisotopic (exact) mass is 500 g/mol. The summed E-state index contributed by atoms with van der Waals surface area (Å²) in [4.78, 5) is 0. The maximum absolute atomic E-state index is 2.43. The van der Waals surface area contributed by atoms with E-state index in [1.807, 2.05) is 0 Å². The molecule has 2 fully saturated rings. The van der Waals surface area contributed by atoms with E-state index >= 15 is 0 Å². The van der Waals surface area contributed by atoms with E-state index in [-0.39, 0.29) is 0 Å². The number of rotatable bonds is 13. The van der Waals surface area contributed by atoms with Crippen molar-refractivity contribution in [2.75, 3.05) is 0 Å². The fourth-order valence-electron chi connectivity index (χ4n) is 7.36. The van der Waals surface area contributed by atoms with Crippen LogP contribution in [-0.4, -0.2) is 0 Å². The van der Waals surface area contributed by atoms with Gasteiger partial charge in [-0.15, -0.1) is 0 Å². The molecule has 2 aromatic rings. The SMILES string of the molecule is CCCCCCCC[C@H]1CC[C@H](c2ccc(-c3ccc([C@H]4CC[C@H](CC(C)CC)CC4)cc3)cc2)CC1. The summed E-state index contributed by atoms with van der Waals surface area (Å²) in [6, 6.07) is 19.2. The van der Waals surface area contributed by atoms with Crippen LogP contribution in [0.4, 0.5) is 0 Å². The molecule has 1 atom stereocenters. The Kier molecular flexibility index (Phi) is 11.6. The lowest BCUT2D eigenvalue weighted by Crippen LogP contribution is -2.15. The molecule has 0 aliphatic heterocycles. The van der Waals surface area contributed by atoms with E-state index in [0.29, 0.717) is 0 Å². The van der Waals surface area contributed by atoms with Crippen LogP contribution in [0.25, 0.3) is 11.1 Å². The lowest BCUT2D eigenvalue weighted by Gasteiger charge is -2.30. The summed E-state index contributed by atoms with van der Waals surface area (Å²) in [6.07, 6.45) is 24.2. The molecule has 4 rings (SSSR count). The highest BCUT2D eigenvalue weighted by Crippen LogP contribution is 2.40.